The van der Waals surface area contributed by atoms with E-state index in [0.29, 0.717) is 23.2 Å². The van der Waals surface area contributed by atoms with Gasteiger partial charge in [-0.1, -0.05) is 31.2 Å². The van der Waals surface area contributed by atoms with Gasteiger partial charge >= 0.3 is 5.65 Å². The number of nitrogens with zero attached hydrogens (tertiary/aromatic N) is 5. The van der Waals surface area contributed by atoms with E-state index in [0.717, 1.165) is 19.3 Å². The van der Waals surface area contributed by atoms with E-state index in [-0.39, 0.29) is 13.0 Å². The van der Waals surface area contributed by atoms with Crippen molar-refractivity contribution >= 4 is 16.8 Å². The molecule has 4 N–H and O–H groups in total. The highest BCUT2D eigenvalue weighted by atomic mass is 16.5. The van der Waals surface area contributed by atoms with Crippen molar-refractivity contribution in [2.75, 3.05) is 6.61 Å². The lowest BCUT2D eigenvalue weighted by atomic mass is 10.1. The number of aliphatic hydroxyl groups is 4. The van der Waals surface area contributed by atoms with Crippen molar-refractivity contribution in [3.05, 3.63) is 25.0 Å². The lowest BCUT2D eigenvalue weighted by molar-refractivity contribution is -0.739. The number of ether oxygens (including phenoxy) is 1. The Kier molecular flexibility index (Phi) is 5.79. The Morgan fingerprint density at radius 2 is 2.14 bits per heavy atom. The van der Waals surface area contributed by atoms with Crippen LogP contribution in [-0.4, -0.2) is 64.3 Å². The zero-order chi connectivity index (χ0) is 20.5. The first-order valence-electron chi connectivity index (χ1n) is 10.1. The SMILES string of the molecule is CCCCCC(O)C(O)n1c[n+]([C@H]2C[C@H](O)[C@@H](CO)O2)c2ncn3ccnc3c21. The smallest absolute Gasteiger partial charge is 0.309 e. The Morgan fingerprint density at radius 1 is 1.31 bits per heavy atom. The fourth-order valence-electron chi connectivity index (χ4n) is 3.93. The molecule has 3 aromatic rings. The lowest BCUT2D eigenvalue weighted by Gasteiger charge is -2.16. The van der Waals surface area contributed by atoms with Crippen LogP contribution >= 0.6 is 0 Å². The quantitative estimate of drug-likeness (QED) is 0.307. The third-order valence-electron chi connectivity index (χ3n) is 5.58. The van der Waals surface area contributed by atoms with Crippen LogP contribution in [0.25, 0.3) is 16.8 Å². The second-order valence-electron chi connectivity index (χ2n) is 7.60. The average molecular weight is 406 g/mol. The number of hydrogen-bond donors (Lipinski definition) is 4. The molecule has 1 aliphatic heterocycles. The molecule has 4 rings (SSSR count). The summed E-state index contributed by atoms with van der Waals surface area (Å²) in [5.41, 5.74) is 1.66. The van der Waals surface area contributed by atoms with Gasteiger partial charge in [0.1, 0.15) is 12.2 Å². The van der Waals surface area contributed by atoms with Crippen LogP contribution in [0.2, 0.25) is 0 Å². The normalized spacial score (nSPS) is 24.5. The predicted molar refractivity (Wildman–Crippen MR) is 102 cm³/mol. The summed E-state index contributed by atoms with van der Waals surface area (Å²) < 4.78 is 10.8. The van der Waals surface area contributed by atoms with Crippen LogP contribution in [0.1, 0.15) is 51.5 Å². The fraction of sp³-hybridized carbons (Fsp3) is 0.632. The maximum atomic E-state index is 10.9. The fourth-order valence-corrected chi connectivity index (χ4v) is 3.93. The molecule has 3 aromatic heterocycles. The molecular weight excluding hydrogens is 378 g/mol. The van der Waals surface area contributed by atoms with Crippen molar-refractivity contribution in [1.82, 2.24) is 18.9 Å². The Labute approximate surface area is 167 Å². The van der Waals surface area contributed by atoms with E-state index >= 15 is 0 Å². The molecule has 158 valence electrons. The molecule has 10 nitrogen and oxygen atoms in total. The van der Waals surface area contributed by atoms with Gasteiger partial charge in [-0.3, -0.25) is 4.40 Å². The van der Waals surface area contributed by atoms with Gasteiger partial charge in [-0.25, -0.2) is 14.1 Å². The molecule has 0 saturated carbocycles. The molecule has 1 aliphatic rings. The molecule has 0 amide bonds. The van der Waals surface area contributed by atoms with Gasteiger partial charge in [-0.2, -0.15) is 0 Å². The second-order valence-corrected chi connectivity index (χ2v) is 7.60. The zero-order valence-electron chi connectivity index (χ0n) is 16.4. The van der Waals surface area contributed by atoms with Crippen LogP contribution in [0, 0.1) is 0 Å². The molecular formula is C19H28N5O5+. The maximum absolute atomic E-state index is 10.9. The summed E-state index contributed by atoms with van der Waals surface area (Å²) in [7, 11) is 0. The van der Waals surface area contributed by atoms with Crippen molar-refractivity contribution in [3.8, 4) is 0 Å². The molecule has 4 heterocycles. The van der Waals surface area contributed by atoms with E-state index in [1.807, 2.05) is 0 Å². The standard InChI is InChI=1S/C19H28N5O5/c1-2-3-4-5-12(26)19(28)24-11-23(15-8-13(27)14(9-25)29-15)18-16(24)17-20-6-7-22(17)10-21-18/h6-7,10-15,19,25-28H,2-5,8-9H2,1H3/q+1/t12?,13-,14+,15+,19?/m0/s1. The van der Waals surface area contributed by atoms with Gasteiger partial charge in [-0.15, -0.1) is 0 Å². The highest BCUT2D eigenvalue weighted by Crippen LogP contribution is 2.28. The van der Waals surface area contributed by atoms with Crippen LogP contribution in [0.3, 0.4) is 0 Å². The Balaban J connectivity index is 1.76. The van der Waals surface area contributed by atoms with Crippen molar-refractivity contribution in [2.24, 2.45) is 0 Å². The summed E-state index contributed by atoms with van der Waals surface area (Å²) in [6, 6.07) is 0. The number of hydrogen-bond acceptors (Lipinski definition) is 7. The molecule has 1 saturated heterocycles. The first-order chi connectivity index (χ1) is 14.0. The molecule has 0 aromatic carbocycles. The first-order valence-corrected chi connectivity index (χ1v) is 10.1. The van der Waals surface area contributed by atoms with Crippen LogP contribution < -0.4 is 4.57 Å². The number of aromatic nitrogens is 5. The van der Waals surface area contributed by atoms with Gasteiger partial charge in [0.2, 0.25) is 11.7 Å². The predicted octanol–water partition coefficient (Wildman–Crippen LogP) is 0.0443. The van der Waals surface area contributed by atoms with Gasteiger partial charge in [0.05, 0.1) is 12.7 Å². The van der Waals surface area contributed by atoms with E-state index in [1.54, 1.807) is 38.6 Å². The molecule has 29 heavy (non-hydrogen) atoms. The third-order valence-corrected chi connectivity index (χ3v) is 5.58. The lowest BCUT2D eigenvalue weighted by Crippen LogP contribution is -2.39. The topological polar surface area (TPSA) is 129 Å². The van der Waals surface area contributed by atoms with E-state index in [9.17, 15) is 20.4 Å². The van der Waals surface area contributed by atoms with E-state index in [4.69, 9.17) is 4.74 Å². The van der Waals surface area contributed by atoms with E-state index in [2.05, 4.69) is 16.9 Å². The molecule has 0 bridgehead atoms. The van der Waals surface area contributed by atoms with E-state index < -0.39 is 30.8 Å². The Morgan fingerprint density at radius 3 is 2.86 bits per heavy atom. The zero-order valence-corrected chi connectivity index (χ0v) is 16.4. The highest BCUT2D eigenvalue weighted by molar-refractivity contribution is 5.83. The van der Waals surface area contributed by atoms with Crippen molar-refractivity contribution in [3.63, 3.8) is 0 Å². The van der Waals surface area contributed by atoms with Gasteiger partial charge in [0, 0.05) is 18.8 Å². The summed E-state index contributed by atoms with van der Waals surface area (Å²) in [6.07, 6.45) is 6.09. The number of fused-ring (bicyclic) bond motifs is 3. The summed E-state index contributed by atoms with van der Waals surface area (Å²) in [6.45, 7) is 1.80. The van der Waals surface area contributed by atoms with Crippen LogP contribution in [0.5, 0.6) is 0 Å². The van der Waals surface area contributed by atoms with Crippen LogP contribution in [0.4, 0.5) is 0 Å². The van der Waals surface area contributed by atoms with Gasteiger partial charge in [-0.05, 0) is 6.42 Å². The largest absolute Gasteiger partial charge is 0.394 e. The van der Waals surface area contributed by atoms with Gasteiger partial charge in [0.25, 0.3) is 0 Å². The Hall–Kier alpha value is -2.11. The van der Waals surface area contributed by atoms with Crippen molar-refractivity contribution in [1.29, 1.82) is 0 Å². The summed E-state index contributed by atoms with van der Waals surface area (Å²) in [5.74, 6) is 0. The number of rotatable bonds is 8. The van der Waals surface area contributed by atoms with Crippen LogP contribution in [0.15, 0.2) is 25.0 Å². The summed E-state index contributed by atoms with van der Waals surface area (Å²) in [5, 5.41) is 41.0. The van der Waals surface area contributed by atoms with Crippen molar-refractivity contribution in [2.45, 2.75) is 69.8 Å². The highest BCUT2D eigenvalue weighted by Gasteiger charge is 2.39. The first kappa shape index (κ1) is 20.2. The second kappa shape index (κ2) is 8.33. The van der Waals surface area contributed by atoms with E-state index in [1.165, 1.54) is 0 Å². The monoisotopic (exact) mass is 406 g/mol. The molecule has 0 radical (unpaired) electrons. The van der Waals surface area contributed by atoms with Gasteiger partial charge in [0.15, 0.2) is 24.5 Å². The molecule has 10 heteroatoms. The number of unbranched alkanes of at least 4 members (excludes halogenated alkanes) is 2. The van der Waals surface area contributed by atoms with Crippen LogP contribution in [-0.2, 0) is 4.74 Å². The summed E-state index contributed by atoms with van der Waals surface area (Å²) in [4.78, 5) is 8.86. The summed E-state index contributed by atoms with van der Waals surface area (Å²) >= 11 is 0. The minimum atomic E-state index is -1.18. The minimum Gasteiger partial charge on any atom is -0.394 e. The average Bonchev–Trinajstić information content (AvgIpc) is 3.42. The van der Waals surface area contributed by atoms with Gasteiger partial charge < -0.3 is 25.2 Å². The molecule has 0 spiro atoms. The maximum Gasteiger partial charge on any atom is 0.309 e. The Bertz CT molecular complexity index is 973. The molecule has 1 fully saturated rings. The minimum absolute atomic E-state index is 0.283. The molecule has 5 atom stereocenters. The molecule has 2 unspecified atom stereocenters. The van der Waals surface area contributed by atoms with Crippen molar-refractivity contribution < 1.29 is 29.7 Å². The number of aliphatic hydroxyl groups excluding tert-OH is 4. The number of imidazole rings is 2. The third kappa shape index (κ3) is 3.62. The molecule has 0 aliphatic carbocycles.